The van der Waals surface area contributed by atoms with E-state index in [1.54, 1.807) is 36.7 Å². The molecule has 1 aromatic carbocycles. The van der Waals surface area contributed by atoms with Crippen molar-refractivity contribution in [2.24, 2.45) is 5.16 Å². The van der Waals surface area contributed by atoms with Gasteiger partial charge in [0, 0.05) is 37.7 Å². The van der Waals surface area contributed by atoms with Crippen LogP contribution in [0.3, 0.4) is 0 Å². The van der Waals surface area contributed by atoms with Crippen LogP contribution < -0.4 is 0 Å². The van der Waals surface area contributed by atoms with E-state index in [9.17, 15) is 18.3 Å². The molecule has 0 saturated carbocycles. The Hall–Kier alpha value is -2.49. The lowest BCUT2D eigenvalue weighted by atomic mass is 9.99. The van der Waals surface area contributed by atoms with E-state index in [4.69, 9.17) is 9.47 Å². The molecule has 0 spiro atoms. The first-order chi connectivity index (χ1) is 12.8. The van der Waals surface area contributed by atoms with Gasteiger partial charge in [0.05, 0.1) is 12.1 Å². The topological polar surface area (TPSA) is 73.2 Å². The molecule has 0 bridgehead atoms. The monoisotopic (exact) mass is 382 g/mol. The molecule has 1 unspecified atom stereocenters. The Labute approximate surface area is 153 Å². The number of ether oxygens (including phenoxy) is 2. The zero-order chi connectivity index (χ0) is 19.7. The minimum Gasteiger partial charge on any atom is -0.352 e. The van der Waals surface area contributed by atoms with Crippen molar-refractivity contribution >= 4 is 5.71 Å². The van der Waals surface area contributed by atoms with Crippen LogP contribution in [0.25, 0.3) is 11.1 Å². The second-order valence-electron chi connectivity index (χ2n) is 5.98. The van der Waals surface area contributed by atoms with Gasteiger partial charge in [-0.3, -0.25) is 4.98 Å². The van der Waals surface area contributed by atoms with Crippen LogP contribution >= 0.6 is 0 Å². The highest BCUT2D eigenvalue weighted by Gasteiger charge is 2.60. The number of nitrogens with zero attached hydrogens (tertiary/aromatic N) is 2. The maximum Gasteiger partial charge on any atom is 0.458 e. The van der Waals surface area contributed by atoms with Gasteiger partial charge in [0.1, 0.15) is 0 Å². The Bertz CT molecular complexity index is 835. The van der Waals surface area contributed by atoms with Gasteiger partial charge >= 0.3 is 12.0 Å². The number of aliphatic hydroxyl groups is 1. The molecule has 144 valence electrons. The fraction of sp³-hybridized carbons (Fsp3) is 0.333. The maximum absolute atomic E-state index is 12.8. The van der Waals surface area contributed by atoms with Gasteiger partial charge in [0.25, 0.3) is 0 Å². The van der Waals surface area contributed by atoms with Crippen LogP contribution in [-0.4, -0.2) is 42.0 Å². The summed E-state index contributed by atoms with van der Waals surface area (Å²) in [7, 11) is 3.03. The van der Waals surface area contributed by atoms with E-state index in [-0.39, 0.29) is 5.71 Å². The summed E-state index contributed by atoms with van der Waals surface area (Å²) in [5.41, 5.74) is 2.76. The molecule has 9 heteroatoms. The summed E-state index contributed by atoms with van der Waals surface area (Å²) in [4.78, 5) is 8.40. The predicted molar refractivity (Wildman–Crippen MR) is 89.7 cm³/mol. The van der Waals surface area contributed by atoms with Crippen LogP contribution in [0.1, 0.15) is 23.8 Å². The molecule has 0 fully saturated rings. The summed E-state index contributed by atoms with van der Waals surface area (Å²) in [6, 6.07) is 8.50. The second-order valence-corrected chi connectivity index (χ2v) is 5.98. The lowest BCUT2D eigenvalue weighted by Gasteiger charge is -2.22. The molecule has 0 amide bonds. The molecule has 6 nitrogen and oxygen atoms in total. The molecule has 0 radical (unpaired) electrons. The standard InChI is InChI=1S/C18H17F3N2O4/c1-25-16(26-2)14-7-13(9-22-10-14)11-3-5-12(6-4-11)15-8-17(24,27-23-15)18(19,20)21/h3-7,9-10,16,24H,8H2,1-2H3. The van der Waals surface area contributed by atoms with Crippen molar-refractivity contribution in [3.05, 3.63) is 53.9 Å². The second kappa shape index (κ2) is 7.26. The maximum atomic E-state index is 12.8. The van der Waals surface area contributed by atoms with Crippen LogP contribution in [-0.2, 0) is 14.3 Å². The molecular formula is C18H17F3N2O4. The third kappa shape index (κ3) is 3.80. The van der Waals surface area contributed by atoms with Gasteiger partial charge < -0.3 is 19.4 Å². The fourth-order valence-electron chi connectivity index (χ4n) is 2.70. The van der Waals surface area contributed by atoms with E-state index in [1.807, 2.05) is 6.07 Å². The van der Waals surface area contributed by atoms with Gasteiger partial charge in [-0.25, -0.2) is 0 Å². The quantitative estimate of drug-likeness (QED) is 0.803. The number of oxime groups is 1. The number of benzene rings is 1. The average Bonchev–Trinajstić information content (AvgIpc) is 3.07. The van der Waals surface area contributed by atoms with E-state index >= 15 is 0 Å². The van der Waals surface area contributed by atoms with E-state index in [1.165, 1.54) is 14.2 Å². The molecule has 1 N–H and O–H groups in total. The smallest absolute Gasteiger partial charge is 0.352 e. The summed E-state index contributed by atoms with van der Waals surface area (Å²) in [5, 5.41) is 12.9. The predicted octanol–water partition coefficient (Wildman–Crippen LogP) is 3.42. The summed E-state index contributed by atoms with van der Waals surface area (Å²) in [6.07, 6.45) is -2.97. The molecule has 3 rings (SSSR count). The molecule has 2 aromatic rings. The molecule has 2 heterocycles. The van der Waals surface area contributed by atoms with Crippen LogP contribution in [0, 0.1) is 0 Å². The van der Waals surface area contributed by atoms with Gasteiger partial charge in [-0.05, 0) is 17.2 Å². The van der Waals surface area contributed by atoms with Gasteiger partial charge in [0.15, 0.2) is 6.29 Å². The highest BCUT2D eigenvalue weighted by molar-refractivity contribution is 6.01. The fourth-order valence-corrected chi connectivity index (χ4v) is 2.70. The molecule has 1 aliphatic rings. The van der Waals surface area contributed by atoms with Crippen LogP contribution in [0.2, 0.25) is 0 Å². The number of methoxy groups -OCH3 is 2. The first kappa shape index (κ1) is 19.3. The molecule has 1 aliphatic heterocycles. The zero-order valence-corrected chi connectivity index (χ0v) is 14.5. The van der Waals surface area contributed by atoms with Crippen LogP contribution in [0.5, 0.6) is 0 Å². The summed E-state index contributed by atoms with van der Waals surface area (Å²) >= 11 is 0. The Morgan fingerprint density at radius 1 is 1.07 bits per heavy atom. The summed E-state index contributed by atoms with van der Waals surface area (Å²) < 4.78 is 48.8. The van der Waals surface area contributed by atoms with Gasteiger partial charge in [0.2, 0.25) is 0 Å². The summed E-state index contributed by atoms with van der Waals surface area (Å²) in [6.45, 7) is 0. The van der Waals surface area contributed by atoms with Crippen molar-refractivity contribution in [1.82, 2.24) is 4.98 Å². The molecule has 0 aliphatic carbocycles. The highest BCUT2D eigenvalue weighted by atomic mass is 19.4. The number of alkyl halides is 3. The van der Waals surface area contributed by atoms with E-state index in [0.717, 1.165) is 16.7 Å². The summed E-state index contributed by atoms with van der Waals surface area (Å²) in [5.74, 6) is -3.28. The van der Waals surface area contributed by atoms with Gasteiger partial charge in [-0.1, -0.05) is 29.4 Å². The first-order valence-electron chi connectivity index (χ1n) is 7.93. The number of hydrogen-bond acceptors (Lipinski definition) is 6. The number of halogens is 3. The Kier molecular flexibility index (Phi) is 5.18. The largest absolute Gasteiger partial charge is 0.458 e. The minimum absolute atomic E-state index is 0.0204. The SMILES string of the molecule is COC(OC)c1cncc(-c2ccc(C3=NOC(O)(C(F)(F)F)C3)cc2)c1. The Balaban J connectivity index is 1.80. The third-order valence-corrected chi connectivity index (χ3v) is 4.17. The highest BCUT2D eigenvalue weighted by Crippen LogP contribution is 2.39. The molecular weight excluding hydrogens is 365 g/mol. The van der Waals surface area contributed by atoms with Crippen molar-refractivity contribution in [1.29, 1.82) is 0 Å². The minimum atomic E-state index is -4.93. The molecule has 27 heavy (non-hydrogen) atoms. The number of aromatic nitrogens is 1. The lowest BCUT2D eigenvalue weighted by Crippen LogP contribution is -2.45. The average molecular weight is 382 g/mol. The molecule has 1 aromatic heterocycles. The molecule has 1 atom stereocenters. The lowest BCUT2D eigenvalue weighted by molar-refractivity contribution is -0.355. The van der Waals surface area contributed by atoms with Crippen LogP contribution in [0.4, 0.5) is 13.2 Å². The Morgan fingerprint density at radius 2 is 1.70 bits per heavy atom. The number of hydrogen-bond donors (Lipinski definition) is 1. The molecule has 0 saturated heterocycles. The van der Waals surface area contributed by atoms with E-state index in [2.05, 4.69) is 15.0 Å². The van der Waals surface area contributed by atoms with Crippen molar-refractivity contribution in [3.8, 4) is 11.1 Å². The first-order valence-corrected chi connectivity index (χ1v) is 7.93. The van der Waals surface area contributed by atoms with E-state index < -0.39 is 24.7 Å². The van der Waals surface area contributed by atoms with Crippen LogP contribution in [0.15, 0.2) is 47.9 Å². The van der Waals surface area contributed by atoms with Crippen molar-refractivity contribution in [2.75, 3.05) is 14.2 Å². The third-order valence-electron chi connectivity index (χ3n) is 4.17. The number of pyridine rings is 1. The van der Waals surface area contributed by atoms with Gasteiger partial charge in [-0.15, -0.1) is 0 Å². The van der Waals surface area contributed by atoms with Crippen molar-refractivity contribution in [3.63, 3.8) is 0 Å². The normalized spacial score (nSPS) is 19.9. The van der Waals surface area contributed by atoms with E-state index in [0.29, 0.717) is 5.56 Å². The number of rotatable bonds is 5. The Morgan fingerprint density at radius 3 is 2.26 bits per heavy atom. The van der Waals surface area contributed by atoms with Crippen molar-refractivity contribution < 1.29 is 32.6 Å². The van der Waals surface area contributed by atoms with Crippen molar-refractivity contribution in [2.45, 2.75) is 24.7 Å². The zero-order valence-electron chi connectivity index (χ0n) is 14.5. The van der Waals surface area contributed by atoms with Gasteiger partial charge in [-0.2, -0.15) is 13.2 Å².